The van der Waals surface area contributed by atoms with E-state index >= 15 is 0 Å². The van der Waals surface area contributed by atoms with Crippen molar-refractivity contribution < 1.29 is 4.39 Å². The Kier molecular flexibility index (Phi) is 3.23. The van der Waals surface area contributed by atoms with Gasteiger partial charge in [0, 0.05) is 23.6 Å². The van der Waals surface area contributed by atoms with E-state index in [1.807, 2.05) is 6.20 Å². The van der Waals surface area contributed by atoms with Crippen LogP contribution in [0.15, 0.2) is 24.4 Å². The van der Waals surface area contributed by atoms with Gasteiger partial charge in [-0.3, -0.25) is 0 Å². The lowest BCUT2D eigenvalue weighted by Gasteiger charge is -2.00. The second kappa shape index (κ2) is 4.82. The van der Waals surface area contributed by atoms with Crippen molar-refractivity contribution >= 4 is 10.9 Å². The van der Waals surface area contributed by atoms with E-state index in [-0.39, 0.29) is 5.82 Å². The number of halogens is 1. The number of nitrogens with one attached hydrogen (secondary N) is 2. The second-order valence-corrected chi connectivity index (χ2v) is 3.63. The molecular formula is C13H13FN2. The summed E-state index contributed by atoms with van der Waals surface area (Å²) in [5.74, 6) is 2.31. The van der Waals surface area contributed by atoms with Crippen molar-refractivity contribution in [3.05, 3.63) is 35.8 Å². The third-order valence-corrected chi connectivity index (χ3v) is 2.53. The van der Waals surface area contributed by atoms with E-state index in [9.17, 15) is 4.39 Å². The van der Waals surface area contributed by atoms with Crippen molar-refractivity contribution in [2.24, 2.45) is 0 Å². The minimum atomic E-state index is -0.204. The zero-order valence-corrected chi connectivity index (χ0v) is 8.89. The summed E-state index contributed by atoms with van der Waals surface area (Å²) < 4.78 is 13.1. The Morgan fingerprint density at radius 1 is 1.44 bits per heavy atom. The van der Waals surface area contributed by atoms with Crippen LogP contribution in [0.4, 0.5) is 4.39 Å². The van der Waals surface area contributed by atoms with Gasteiger partial charge in [-0.05, 0) is 30.2 Å². The maximum atomic E-state index is 13.1. The lowest BCUT2D eigenvalue weighted by atomic mass is 10.1. The van der Waals surface area contributed by atoms with Crippen LogP contribution >= 0.6 is 0 Å². The number of hydrogen-bond donors (Lipinski definition) is 2. The summed E-state index contributed by atoms with van der Waals surface area (Å²) in [6.07, 6.45) is 7.89. The van der Waals surface area contributed by atoms with Gasteiger partial charge in [-0.25, -0.2) is 4.39 Å². The van der Waals surface area contributed by atoms with Gasteiger partial charge in [0.1, 0.15) is 5.82 Å². The molecule has 1 aromatic heterocycles. The molecule has 0 radical (unpaired) electrons. The van der Waals surface area contributed by atoms with Crippen molar-refractivity contribution in [3.8, 4) is 12.3 Å². The lowest BCUT2D eigenvalue weighted by molar-refractivity contribution is 0.629. The third kappa shape index (κ3) is 2.23. The van der Waals surface area contributed by atoms with Crippen LogP contribution in [-0.4, -0.2) is 18.1 Å². The summed E-state index contributed by atoms with van der Waals surface area (Å²) in [7, 11) is 0. The smallest absolute Gasteiger partial charge is 0.123 e. The topological polar surface area (TPSA) is 27.8 Å². The molecule has 16 heavy (non-hydrogen) atoms. The van der Waals surface area contributed by atoms with Gasteiger partial charge >= 0.3 is 0 Å². The molecule has 0 unspecified atom stereocenters. The van der Waals surface area contributed by atoms with Gasteiger partial charge in [-0.1, -0.05) is 5.92 Å². The Labute approximate surface area is 93.9 Å². The number of aromatic amines is 1. The fourth-order valence-electron chi connectivity index (χ4n) is 1.74. The monoisotopic (exact) mass is 216 g/mol. The van der Waals surface area contributed by atoms with E-state index < -0.39 is 0 Å². The average molecular weight is 216 g/mol. The van der Waals surface area contributed by atoms with Crippen LogP contribution < -0.4 is 5.32 Å². The molecule has 0 amide bonds. The molecule has 0 saturated heterocycles. The van der Waals surface area contributed by atoms with E-state index in [0.717, 1.165) is 29.4 Å². The van der Waals surface area contributed by atoms with Crippen LogP contribution in [-0.2, 0) is 6.42 Å². The van der Waals surface area contributed by atoms with Crippen LogP contribution in [0.2, 0.25) is 0 Å². The Morgan fingerprint density at radius 2 is 2.31 bits per heavy atom. The minimum absolute atomic E-state index is 0.204. The molecule has 0 spiro atoms. The van der Waals surface area contributed by atoms with Gasteiger partial charge in [0.15, 0.2) is 0 Å². The number of hydrogen-bond acceptors (Lipinski definition) is 1. The average Bonchev–Trinajstić information content (AvgIpc) is 2.67. The summed E-state index contributed by atoms with van der Waals surface area (Å²) in [6.45, 7) is 1.37. The summed E-state index contributed by atoms with van der Waals surface area (Å²) in [6, 6.07) is 4.77. The fraction of sp³-hybridized carbons (Fsp3) is 0.231. The Morgan fingerprint density at radius 3 is 3.12 bits per heavy atom. The van der Waals surface area contributed by atoms with Crippen molar-refractivity contribution in [2.45, 2.75) is 6.42 Å². The maximum Gasteiger partial charge on any atom is 0.123 e. The first kappa shape index (κ1) is 10.7. The Bertz CT molecular complexity index is 522. The van der Waals surface area contributed by atoms with Gasteiger partial charge < -0.3 is 10.3 Å². The largest absolute Gasteiger partial charge is 0.361 e. The van der Waals surface area contributed by atoms with E-state index in [1.54, 1.807) is 12.1 Å². The number of H-pyrrole nitrogens is 1. The zero-order chi connectivity index (χ0) is 11.4. The van der Waals surface area contributed by atoms with E-state index in [4.69, 9.17) is 6.42 Å². The molecule has 2 nitrogen and oxygen atoms in total. The highest BCUT2D eigenvalue weighted by Crippen LogP contribution is 2.19. The van der Waals surface area contributed by atoms with Crippen LogP contribution in [0, 0.1) is 18.2 Å². The number of aromatic nitrogens is 1. The summed E-state index contributed by atoms with van der Waals surface area (Å²) in [4.78, 5) is 3.12. The fourth-order valence-corrected chi connectivity index (χ4v) is 1.74. The van der Waals surface area contributed by atoms with Gasteiger partial charge in [-0.15, -0.1) is 6.42 Å². The van der Waals surface area contributed by atoms with Gasteiger partial charge in [0.2, 0.25) is 0 Å². The molecule has 2 rings (SSSR count). The normalized spacial score (nSPS) is 10.5. The first-order valence-electron chi connectivity index (χ1n) is 5.21. The standard InChI is InChI=1S/C13H13FN2/c1-2-6-15-7-5-10-9-16-13-4-3-11(14)8-12(10)13/h1,3-4,8-9,15-16H,5-7H2. The Hall–Kier alpha value is -1.79. The Balaban J connectivity index is 2.12. The van der Waals surface area contributed by atoms with Crippen LogP contribution in [0.1, 0.15) is 5.56 Å². The van der Waals surface area contributed by atoms with Crippen molar-refractivity contribution in [2.75, 3.05) is 13.1 Å². The predicted octanol–water partition coefficient (Wildman–Crippen LogP) is 2.07. The predicted molar refractivity (Wildman–Crippen MR) is 63.7 cm³/mol. The minimum Gasteiger partial charge on any atom is -0.361 e. The maximum absolute atomic E-state index is 13.1. The number of rotatable bonds is 4. The molecule has 2 N–H and O–H groups in total. The van der Waals surface area contributed by atoms with Crippen LogP contribution in [0.3, 0.4) is 0 Å². The highest BCUT2D eigenvalue weighted by molar-refractivity contribution is 5.83. The molecule has 0 aliphatic rings. The molecule has 1 aromatic carbocycles. The van der Waals surface area contributed by atoms with Crippen molar-refractivity contribution in [3.63, 3.8) is 0 Å². The molecule has 3 heteroatoms. The van der Waals surface area contributed by atoms with Crippen LogP contribution in [0.5, 0.6) is 0 Å². The van der Waals surface area contributed by atoms with Crippen molar-refractivity contribution in [1.82, 2.24) is 10.3 Å². The first-order valence-corrected chi connectivity index (χ1v) is 5.21. The molecule has 0 bridgehead atoms. The first-order chi connectivity index (χ1) is 7.81. The van der Waals surface area contributed by atoms with Gasteiger partial charge in [0.25, 0.3) is 0 Å². The lowest BCUT2D eigenvalue weighted by Crippen LogP contribution is -2.16. The highest BCUT2D eigenvalue weighted by atomic mass is 19.1. The molecule has 0 aliphatic carbocycles. The number of terminal acetylenes is 1. The van der Waals surface area contributed by atoms with Gasteiger partial charge in [-0.2, -0.15) is 0 Å². The summed E-state index contributed by atoms with van der Waals surface area (Å²) in [5.41, 5.74) is 2.08. The van der Waals surface area contributed by atoms with E-state index in [2.05, 4.69) is 16.2 Å². The van der Waals surface area contributed by atoms with Crippen LogP contribution in [0.25, 0.3) is 10.9 Å². The molecular weight excluding hydrogens is 203 g/mol. The van der Waals surface area contributed by atoms with E-state index in [1.165, 1.54) is 6.07 Å². The quantitative estimate of drug-likeness (QED) is 0.594. The summed E-state index contributed by atoms with van der Waals surface area (Å²) >= 11 is 0. The van der Waals surface area contributed by atoms with E-state index in [0.29, 0.717) is 6.54 Å². The molecule has 1 heterocycles. The third-order valence-electron chi connectivity index (χ3n) is 2.53. The van der Waals surface area contributed by atoms with Gasteiger partial charge in [0.05, 0.1) is 6.54 Å². The summed E-state index contributed by atoms with van der Waals surface area (Å²) in [5, 5.41) is 4.06. The molecule has 0 atom stereocenters. The molecule has 0 saturated carbocycles. The zero-order valence-electron chi connectivity index (χ0n) is 8.89. The van der Waals surface area contributed by atoms with Crippen molar-refractivity contribution in [1.29, 1.82) is 0 Å². The molecule has 0 fully saturated rings. The number of benzene rings is 1. The highest BCUT2D eigenvalue weighted by Gasteiger charge is 2.03. The molecule has 0 aliphatic heterocycles. The molecule has 2 aromatic rings. The SMILES string of the molecule is C#CCNCCc1c[nH]c2ccc(F)cc12. The second-order valence-electron chi connectivity index (χ2n) is 3.63. The molecule has 82 valence electrons. The number of fused-ring (bicyclic) bond motifs is 1.